The van der Waals surface area contributed by atoms with E-state index in [4.69, 9.17) is 14.5 Å². The Morgan fingerprint density at radius 2 is 1.82 bits per heavy atom. The number of imidazole rings is 1. The summed E-state index contributed by atoms with van der Waals surface area (Å²) >= 11 is 0. The van der Waals surface area contributed by atoms with E-state index in [1.165, 1.54) is 0 Å². The molecule has 0 bridgehead atoms. The average Bonchev–Trinajstić information content (AvgIpc) is 3.46. The molecule has 0 aliphatic carbocycles. The maximum atomic E-state index is 12.8. The minimum Gasteiger partial charge on any atom is -0.494 e. The monoisotopic (exact) mass is 663 g/mol. The standard InChI is InChI=1S/C39H49N7O3/c1-8-9-10-19-40-39(42-30-14-18-35(29(3)25-30)49-31-15-17-33-32(26-31)41-27-44(33)6)37-28(2)13-16-34(38(37)48-7)45-21-23-46(24-22-45)36(47)12-11-20-43(4)5/h10-19,25-27H,8-9,20-24H2,1-7H3,(H,40,42)/b12-11+,19-10+. The van der Waals surface area contributed by atoms with E-state index in [0.29, 0.717) is 32.0 Å². The summed E-state index contributed by atoms with van der Waals surface area (Å²) in [5, 5.41) is 3.59. The zero-order chi connectivity index (χ0) is 34.9. The third-order valence-corrected chi connectivity index (χ3v) is 8.58. The lowest BCUT2D eigenvalue weighted by Crippen LogP contribution is -2.48. The topological polar surface area (TPSA) is 87.5 Å². The number of rotatable bonds is 12. The lowest BCUT2D eigenvalue weighted by Gasteiger charge is -2.36. The van der Waals surface area contributed by atoms with Gasteiger partial charge in [-0.15, -0.1) is 0 Å². The van der Waals surface area contributed by atoms with Crippen molar-refractivity contribution in [3.63, 3.8) is 0 Å². The molecule has 0 radical (unpaired) electrons. The van der Waals surface area contributed by atoms with Gasteiger partial charge in [0.2, 0.25) is 5.91 Å². The first-order chi connectivity index (χ1) is 23.7. The highest BCUT2D eigenvalue weighted by Gasteiger charge is 2.25. The second-order valence-electron chi connectivity index (χ2n) is 12.7. The number of carbonyl (C=O) groups excluding carboxylic acids is 1. The zero-order valence-corrected chi connectivity index (χ0v) is 29.9. The molecule has 4 aromatic rings. The van der Waals surface area contributed by atoms with Crippen molar-refractivity contribution in [2.75, 3.05) is 64.1 Å². The van der Waals surface area contributed by atoms with E-state index in [9.17, 15) is 4.79 Å². The smallest absolute Gasteiger partial charge is 0.246 e. The molecule has 0 unspecified atom stereocenters. The number of fused-ring (bicyclic) bond motifs is 1. The summed E-state index contributed by atoms with van der Waals surface area (Å²) < 4.78 is 14.4. The van der Waals surface area contributed by atoms with Crippen molar-refractivity contribution in [1.82, 2.24) is 19.4 Å². The third kappa shape index (κ3) is 8.69. The molecule has 1 saturated heterocycles. The number of benzene rings is 3. The number of nitrogens with one attached hydrogen (secondary N) is 1. The first kappa shape index (κ1) is 35.2. The van der Waals surface area contributed by atoms with Crippen LogP contribution in [0.1, 0.15) is 36.5 Å². The van der Waals surface area contributed by atoms with Crippen molar-refractivity contribution < 1.29 is 14.3 Å². The molecular formula is C39H49N7O3. The number of aryl methyl sites for hydroxylation is 3. The summed E-state index contributed by atoms with van der Waals surface area (Å²) in [4.78, 5) is 28.4. The molecule has 10 heteroatoms. The van der Waals surface area contributed by atoms with Crippen molar-refractivity contribution in [3.8, 4) is 17.2 Å². The molecule has 49 heavy (non-hydrogen) atoms. The number of unbranched alkanes of at least 4 members (excludes halogenated alkanes) is 1. The molecule has 1 aliphatic heterocycles. The molecular weight excluding hydrogens is 614 g/mol. The minimum atomic E-state index is 0.0523. The van der Waals surface area contributed by atoms with E-state index in [-0.39, 0.29) is 5.91 Å². The van der Waals surface area contributed by atoms with Gasteiger partial charge in [0.05, 0.1) is 35.7 Å². The van der Waals surface area contributed by atoms with Crippen molar-refractivity contribution in [1.29, 1.82) is 0 Å². The van der Waals surface area contributed by atoms with Gasteiger partial charge in [0, 0.05) is 63.8 Å². The van der Waals surface area contributed by atoms with Gasteiger partial charge in [0.25, 0.3) is 0 Å². The molecule has 1 aromatic heterocycles. The summed E-state index contributed by atoms with van der Waals surface area (Å²) in [6, 6.07) is 16.2. The van der Waals surface area contributed by atoms with Crippen LogP contribution in [0.3, 0.4) is 0 Å². The molecule has 0 saturated carbocycles. The van der Waals surface area contributed by atoms with Gasteiger partial charge in [-0.1, -0.05) is 31.6 Å². The number of nitrogens with zero attached hydrogens (tertiary/aromatic N) is 6. The summed E-state index contributed by atoms with van der Waals surface area (Å²) in [6.45, 7) is 9.68. The van der Waals surface area contributed by atoms with Crippen LogP contribution in [-0.4, -0.2) is 85.0 Å². The van der Waals surface area contributed by atoms with Gasteiger partial charge in [-0.3, -0.25) is 4.79 Å². The maximum absolute atomic E-state index is 12.8. The van der Waals surface area contributed by atoms with E-state index in [1.54, 1.807) is 19.5 Å². The number of likely N-dealkylation sites (N-methyl/N-ethyl adjacent to an activating group) is 1. The van der Waals surface area contributed by atoms with E-state index in [2.05, 4.69) is 53.3 Å². The number of hydrogen-bond donors (Lipinski definition) is 1. The fourth-order valence-electron chi connectivity index (χ4n) is 5.87. The van der Waals surface area contributed by atoms with Gasteiger partial charge in [-0.25, -0.2) is 9.98 Å². The van der Waals surface area contributed by atoms with Crippen LogP contribution in [0.4, 0.5) is 11.4 Å². The Hall–Kier alpha value is -5.09. The van der Waals surface area contributed by atoms with Crippen LogP contribution in [0.2, 0.25) is 0 Å². The molecule has 0 spiro atoms. The van der Waals surface area contributed by atoms with Crippen LogP contribution < -0.4 is 19.7 Å². The highest BCUT2D eigenvalue weighted by molar-refractivity contribution is 6.12. The van der Waals surface area contributed by atoms with Crippen LogP contribution in [0.25, 0.3) is 11.0 Å². The first-order valence-electron chi connectivity index (χ1n) is 16.9. The number of hydrogen-bond acceptors (Lipinski definition) is 7. The van der Waals surface area contributed by atoms with E-state index < -0.39 is 0 Å². The van der Waals surface area contributed by atoms with E-state index >= 15 is 0 Å². The Labute approximate surface area is 290 Å². The van der Waals surface area contributed by atoms with Crippen LogP contribution in [0, 0.1) is 13.8 Å². The van der Waals surface area contributed by atoms with Crippen molar-refractivity contribution in [2.24, 2.45) is 12.0 Å². The lowest BCUT2D eigenvalue weighted by atomic mass is 10.0. The number of allylic oxidation sites excluding steroid dienone is 1. The number of aliphatic imine (C=N–C) groups is 1. The molecule has 0 atom stereocenters. The normalized spacial score (nSPS) is 14.1. The van der Waals surface area contributed by atoms with Gasteiger partial charge in [-0.2, -0.15) is 0 Å². The number of piperazine rings is 1. The number of aromatic nitrogens is 2. The van der Waals surface area contributed by atoms with Gasteiger partial charge in [-0.05, 0) is 81.9 Å². The minimum absolute atomic E-state index is 0.0523. The number of amides is 1. The average molecular weight is 664 g/mol. The largest absolute Gasteiger partial charge is 0.494 e. The SMILES string of the molecule is CCC/C=C/N=C(Nc1ccc(Oc2ccc3c(c2)ncn3C)c(C)c1)c1c(C)ccc(N2CCN(C(=O)/C=C/CN(C)C)CC2)c1OC. The highest BCUT2D eigenvalue weighted by Crippen LogP contribution is 2.36. The van der Waals surface area contributed by atoms with Gasteiger partial charge in [0.1, 0.15) is 17.3 Å². The summed E-state index contributed by atoms with van der Waals surface area (Å²) in [6.07, 6.45) is 11.3. The van der Waals surface area contributed by atoms with Crippen molar-refractivity contribution in [2.45, 2.75) is 33.6 Å². The third-order valence-electron chi connectivity index (χ3n) is 8.58. The quantitative estimate of drug-likeness (QED) is 0.1000. The van der Waals surface area contributed by atoms with E-state index in [1.807, 2.05) is 85.0 Å². The van der Waals surface area contributed by atoms with Crippen molar-refractivity contribution >= 4 is 34.2 Å². The molecule has 1 fully saturated rings. The number of anilines is 2. The summed E-state index contributed by atoms with van der Waals surface area (Å²) in [7, 11) is 7.67. The second-order valence-corrected chi connectivity index (χ2v) is 12.7. The predicted octanol–water partition coefficient (Wildman–Crippen LogP) is 6.93. The molecule has 1 N–H and O–H groups in total. The maximum Gasteiger partial charge on any atom is 0.246 e. The number of methoxy groups -OCH3 is 1. The lowest BCUT2D eigenvalue weighted by molar-refractivity contribution is -0.126. The van der Waals surface area contributed by atoms with Crippen LogP contribution in [-0.2, 0) is 11.8 Å². The van der Waals surface area contributed by atoms with Crippen LogP contribution in [0.5, 0.6) is 17.2 Å². The van der Waals surface area contributed by atoms with Crippen LogP contribution in [0.15, 0.2) is 84.3 Å². The number of amidine groups is 1. The zero-order valence-electron chi connectivity index (χ0n) is 29.9. The van der Waals surface area contributed by atoms with Gasteiger partial charge >= 0.3 is 0 Å². The van der Waals surface area contributed by atoms with E-state index in [0.717, 1.165) is 75.7 Å². The number of ether oxygens (including phenoxy) is 2. The second kappa shape index (κ2) is 16.3. The fraction of sp³-hybridized carbons (Fsp3) is 0.359. The van der Waals surface area contributed by atoms with Crippen molar-refractivity contribution in [3.05, 3.63) is 96.0 Å². The summed E-state index contributed by atoms with van der Waals surface area (Å²) in [5.41, 5.74) is 6.73. The number of carbonyl (C=O) groups is 1. The summed E-state index contributed by atoms with van der Waals surface area (Å²) in [5.74, 6) is 3.00. The highest BCUT2D eigenvalue weighted by atomic mass is 16.5. The molecule has 3 aromatic carbocycles. The molecule has 5 rings (SSSR count). The van der Waals surface area contributed by atoms with Gasteiger partial charge in [0.15, 0.2) is 5.75 Å². The fourth-order valence-corrected chi connectivity index (χ4v) is 5.87. The molecule has 10 nitrogen and oxygen atoms in total. The Balaban J connectivity index is 1.38. The Bertz CT molecular complexity index is 1850. The molecule has 258 valence electrons. The first-order valence-corrected chi connectivity index (χ1v) is 16.9. The molecule has 2 heterocycles. The molecule has 1 amide bonds. The van der Waals surface area contributed by atoms with Gasteiger partial charge < -0.3 is 34.1 Å². The Morgan fingerprint density at radius 3 is 2.53 bits per heavy atom. The van der Waals surface area contributed by atoms with Crippen LogP contribution >= 0.6 is 0 Å². The Morgan fingerprint density at radius 1 is 1.02 bits per heavy atom. The predicted molar refractivity (Wildman–Crippen MR) is 200 cm³/mol. The Kier molecular flexibility index (Phi) is 11.7. The molecule has 1 aliphatic rings.